The third-order valence-corrected chi connectivity index (χ3v) is 1.84. The Balaban J connectivity index is 2.58. The van der Waals surface area contributed by atoms with Crippen LogP contribution >= 0.6 is 11.6 Å². The van der Waals surface area contributed by atoms with Crippen LogP contribution in [0.5, 0.6) is 0 Å². The minimum atomic E-state index is -0.608. The maximum atomic E-state index is 11.3. The van der Waals surface area contributed by atoms with E-state index in [0.717, 1.165) is 0 Å². The van der Waals surface area contributed by atoms with Gasteiger partial charge in [0.15, 0.2) is 6.61 Å². The molecule has 0 saturated heterocycles. The number of carbonyl (C=O) groups is 2. The third kappa shape index (κ3) is 3.59. The van der Waals surface area contributed by atoms with Crippen LogP contribution < -0.4 is 0 Å². The Morgan fingerprint density at radius 2 is 2.13 bits per heavy atom. The molecule has 0 radical (unpaired) electrons. The quantitative estimate of drug-likeness (QED) is 0.739. The first-order chi connectivity index (χ1) is 7.13. The van der Waals surface area contributed by atoms with E-state index < -0.39 is 18.5 Å². The van der Waals surface area contributed by atoms with Crippen molar-refractivity contribution in [2.75, 3.05) is 13.7 Å². The molecule has 0 unspecified atom stereocenters. The Morgan fingerprint density at radius 3 is 2.73 bits per heavy atom. The SMILES string of the molecule is COC(=O)COC(=O)c1cccc(Cl)c1. The maximum absolute atomic E-state index is 11.3. The van der Waals surface area contributed by atoms with Crippen LogP contribution in [0, 0.1) is 0 Å². The van der Waals surface area contributed by atoms with Crippen LogP contribution in [0.4, 0.5) is 0 Å². The molecule has 0 heterocycles. The van der Waals surface area contributed by atoms with E-state index in [1.165, 1.54) is 13.2 Å². The lowest BCUT2D eigenvalue weighted by atomic mass is 10.2. The third-order valence-electron chi connectivity index (χ3n) is 1.61. The van der Waals surface area contributed by atoms with Crippen molar-refractivity contribution in [3.05, 3.63) is 34.9 Å². The average Bonchev–Trinajstić information content (AvgIpc) is 2.25. The highest BCUT2D eigenvalue weighted by atomic mass is 35.5. The summed E-state index contributed by atoms with van der Waals surface area (Å²) in [6.07, 6.45) is 0. The average molecular weight is 229 g/mol. The van der Waals surface area contributed by atoms with Gasteiger partial charge in [0.2, 0.25) is 0 Å². The van der Waals surface area contributed by atoms with Gasteiger partial charge in [-0.2, -0.15) is 0 Å². The van der Waals surface area contributed by atoms with Crippen molar-refractivity contribution in [2.45, 2.75) is 0 Å². The fourth-order valence-corrected chi connectivity index (χ4v) is 1.07. The molecule has 0 aromatic heterocycles. The fourth-order valence-electron chi connectivity index (χ4n) is 0.882. The van der Waals surface area contributed by atoms with Crippen LogP contribution in [0.15, 0.2) is 24.3 Å². The summed E-state index contributed by atoms with van der Waals surface area (Å²) in [6.45, 7) is -0.401. The summed E-state index contributed by atoms with van der Waals surface area (Å²) in [5, 5.41) is 0.433. The summed E-state index contributed by atoms with van der Waals surface area (Å²) in [5.41, 5.74) is 0.298. The zero-order chi connectivity index (χ0) is 11.3. The lowest BCUT2D eigenvalue weighted by Crippen LogP contribution is -2.14. The van der Waals surface area contributed by atoms with Gasteiger partial charge >= 0.3 is 11.9 Å². The Bertz CT molecular complexity index is 375. The summed E-state index contributed by atoms with van der Waals surface area (Å²) in [5.74, 6) is -1.21. The van der Waals surface area contributed by atoms with Gasteiger partial charge in [-0.25, -0.2) is 9.59 Å². The van der Waals surface area contributed by atoms with Gasteiger partial charge in [-0.05, 0) is 18.2 Å². The minimum absolute atomic E-state index is 0.298. The number of benzene rings is 1. The van der Waals surface area contributed by atoms with Crippen molar-refractivity contribution in [3.8, 4) is 0 Å². The summed E-state index contributed by atoms with van der Waals surface area (Å²) in [4.78, 5) is 22.0. The molecule has 5 heteroatoms. The second-order valence-corrected chi connectivity index (χ2v) is 3.10. The summed E-state index contributed by atoms with van der Waals surface area (Å²) in [7, 11) is 1.22. The molecule has 0 aliphatic rings. The van der Waals surface area contributed by atoms with Gasteiger partial charge in [-0.1, -0.05) is 17.7 Å². The number of ether oxygens (including phenoxy) is 2. The number of halogens is 1. The lowest BCUT2D eigenvalue weighted by Gasteiger charge is -2.03. The molecule has 0 saturated carbocycles. The van der Waals surface area contributed by atoms with E-state index in [0.29, 0.717) is 10.6 Å². The monoisotopic (exact) mass is 228 g/mol. The highest BCUT2D eigenvalue weighted by Gasteiger charge is 2.09. The first kappa shape index (κ1) is 11.5. The van der Waals surface area contributed by atoms with Crippen LogP contribution in [-0.2, 0) is 14.3 Å². The van der Waals surface area contributed by atoms with Crippen molar-refractivity contribution in [1.82, 2.24) is 0 Å². The van der Waals surface area contributed by atoms with E-state index in [9.17, 15) is 9.59 Å². The number of hydrogen-bond donors (Lipinski definition) is 0. The van der Waals surface area contributed by atoms with Crippen molar-refractivity contribution in [1.29, 1.82) is 0 Å². The van der Waals surface area contributed by atoms with Gasteiger partial charge in [0.25, 0.3) is 0 Å². The van der Waals surface area contributed by atoms with Crippen molar-refractivity contribution < 1.29 is 19.1 Å². The highest BCUT2D eigenvalue weighted by molar-refractivity contribution is 6.30. The Labute approximate surface area is 91.7 Å². The van der Waals surface area contributed by atoms with E-state index in [2.05, 4.69) is 9.47 Å². The molecule has 0 amide bonds. The van der Waals surface area contributed by atoms with Gasteiger partial charge in [0.05, 0.1) is 12.7 Å². The summed E-state index contributed by atoms with van der Waals surface area (Å²) >= 11 is 5.68. The van der Waals surface area contributed by atoms with Gasteiger partial charge in [-0.3, -0.25) is 0 Å². The predicted molar refractivity (Wildman–Crippen MR) is 53.8 cm³/mol. The zero-order valence-corrected chi connectivity index (χ0v) is 8.78. The molecular weight excluding hydrogens is 220 g/mol. The largest absolute Gasteiger partial charge is 0.466 e. The molecule has 1 rings (SSSR count). The number of esters is 2. The molecule has 4 nitrogen and oxygen atoms in total. The first-order valence-corrected chi connectivity index (χ1v) is 4.51. The molecule has 80 valence electrons. The molecule has 0 aliphatic carbocycles. The second-order valence-electron chi connectivity index (χ2n) is 2.66. The summed E-state index contributed by atoms with van der Waals surface area (Å²) < 4.78 is 8.98. The van der Waals surface area contributed by atoms with Gasteiger partial charge in [-0.15, -0.1) is 0 Å². The number of carbonyl (C=O) groups excluding carboxylic acids is 2. The van der Waals surface area contributed by atoms with Gasteiger partial charge < -0.3 is 9.47 Å². The number of hydrogen-bond acceptors (Lipinski definition) is 4. The molecule has 0 fully saturated rings. The van der Waals surface area contributed by atoms with Crippen LogP contribution in [0.3, 0.4) is 0 Å². The Kier molecular flexibility index (Phi) is 4.12. The van der Waals surface area contributed by atoms with E-state index >= 15 is 0 Å². The van der Waals surface area contributed by atoms with Crippen LogP contribution in [0.1, 0.15) is 10.4 Å². The van der Waals surface area contributed by atoms with Crippen LogP contribution in [0.25, 0.3) is 0 Å². The second kappa shape index (κ2) is 5.36. The van der Waals surface area contributed by atoms with Crippen molar-refractivity contribution >= 4 is 23.5 Å². The molecule has 1 aromatic carbocycles. The number of rotatable bonds is 3. The molecule has 0 bridgehead atoms. The van der Waals surface area contributed by atoms with Crippen LogP contribution in [-0.4, -0.2) is 25.7 Å². The Hall–Kier alpha value is -1.55. The van der Waals surface area contributed by atoms with E-state index in [-0.39, 0.29) is 0 Å². The van der Waals surface area contributed by atoms with E-state index in [4.69, 9.17) is 11.6 Å². The fraction of sp³-hybridized carbons (Fsp3) is 0.200. The molecule has 15 heavy (non-hydrogen) atoms. The Morgan fingerprint density at radius 1 is 1.40 bits per heavy atom. The molecule has 0 N–H and O–H groups in total. The standard InChI is InChI=1S/C10H9ClO4/c1-14-9(12)6-15-10(13)7-3-2-4-8(11)5-7/h2-5H,6H2,1H3. The molecular formula is C10H9ClO4. The molecule has 0 atom stereocenters. The van der Waals surface area contributed by atoms with E-state index in [1.54, 1.807) is 18.2 Å². The van der Waals surface area contributed by atoms with Crippen molar-refractivity contribution in [2.24, 2.45) is 0 Å². The highest BCUT2D eigenvalue weighted by Crippen LogP contribution is 2.11. The predicted octanol–water partition coefficient (Wildman–Crippen LogP) is 1.67. The first-order valence-electron chi connectivity index (χ1n) is 4.13. The molecule has 0 aliphatic heterocycles. The molecule has 1 aromatic rings. The summed E-state index contributed by atoms with van der Waals surface area (Å²) in [6, 6.07) is 6.27. The normalized spacial score (nSPS) is 9.47. The minimum Gasteiger partial charge on any atom is -0.466 e. The van der Waals surface area contributed by atoms with Crippen LogP contribution in [0.2, 0.25) is 5.02 Å². The molecule has 0 spiro atoms. The smallest absolute Gasteiger partial charge is 0.344 e. The topological polar surface area (TPSA) is 52.6 Å². The zero-order valence-electron chi connectivity index (χ0n) is 8.03. The van der Waals surface area contributed by atoms with E-state index in [1.807, 2.05) is 0 Å². The van der Waals surface area contributed by atoms with Gasteiger partial charge in [0.1, 0.15) is 0 Å². The maximum Gasteiger partial charge on any atom is 0.344 e. The lowest BCUT2D eigenvalue weighted by molar-refractivity contribution is -0.144. The van der Waals surface area contributed by atoms with Gasteiger partial charge in [0, 0.05) is 5.02 Å². The van der Waals surface area contributed by atoms with Crippen molar-refractivity contribution in [3.63, 3.8) is 0 Å². The number of methoxy groups -OCH3 is 1.